The highest BCUT2D eigenvalue weighted by Crippen LogP contribution is 2.55. The van der Waals surface area contributed by atoms with E-state index in [-0.39, 0.29) is 34.9 Å². The minimum absolute atomic E-state index is 0.0756. The molecule has 0 atom stereocenters. The molecule has 210 valence electrons. The Bertz CT molecular complexity index is 1380. The van der Waals surface area contributed by atoms with E-state index in [4.69, 9.17) is 4.74 Å². The number of Topliss-reactive ketones (excluding diaryl/α,β-unsaturated/α-hetero) is 2. The summed E-state index contributed by atoms with van der Waals surface area (Å²) in [5.74, 6) is -0.176. The van der Waals surface area contributed by atoms with Crippen molar-refractivity contribution in [3.05, 3.63) is 81.1 Å². The monoisotopic (exact) mass is 604 g/mol. The molecule has 5 rings (SSSR count). The van der Waals surface area contributed by atoms with E-state index < -0.39 is 5.92 Å². The minimum Gasteiger partial charge on any atom is -0.483 e. The second-order valence-electron chi connectivity index (χ2n) is 12.7. The largest absolute Gasteiger partial charge is 0.483 e. The molecule has 2 aromatic rings. The number of carbonyl (C=O) groups excluding carboxylic acids is 3. The van der Waals surface area contributed by atoms with Gasteiger partial charge >= 0.3 is 0 Å². The number of rotatable bonds is 6. The van der Waals surface area contributed by atoms with Crippen LogP contribution in [0.3, 0.4) is 0 Å². The first-order chi connectivity index (χ1) is 18.9. The molecule has 1 heterocycles. The first kappa shape index (κ1) is 28.3. The molecule has 40 heavy (non-hydrogen) atoms. The van der Waals surface area contributed by atoms with Crippen molar-refractivity contribution < 1.29 is 19.1 Å². The van der Waals surface area contributed by atoms with Gasteiger partial charge in [-0.2, -0.15) is 0 Å². The van der Waals surface area contributed by atoms with E-state index in [1.165, 1.54) is 0 Å². The smallest absolute Gasteiger partial charge is 0.262 e. The number of halogens is 1. The lowest BCUT2D eigenvalue weighted by atomic mass is 9.63. The van der Waals surface area contributed by atoms with E-state index >= 15 is 0 Å². The standard InChI is InChI=1S/C33H37BrN2O4/c1-6-36-23-15-32(2,3)17-25(37)30(23)29(31-24(36)16-33(4,5)18-26(31)38)22-14-20(34)12-13-27(22)40-19-28(39)35-21-10-8-7-9-11-21/h7-14,29H,6,15-19H2,1-5H3,(H,35,39). The maximum absolute atomic E-state index is 13.9. The number of hydrogen-bond donors (Lipinski definition) is 1. The highest BCUT2D eigenvalue weighted by atomic mass is 79.9. The lowest BCUT2D eigenvalue weighted by Gasteiger charge is -2.49. The summed E-state index contributed by atoms with van der Waals surface area (Å²) < 4.78 is 6.95. The van der Waals surface area contributed by atoms with E-state index in [0.717, 1.165) is 34.3 Å². The van der Waals surface area contributed by atoms with Gasteiger partial charge in [-0.1, -0.05) is 61.8 Å². The van der Waals surface area contributed by atoms with Crippen molar-refractivity contribution in [2.24, 2.45) is 10.8 Å². The van der Waals surface area contributed by atoms with Gasteiger partial charge in [-0.05, 0) is 60.9 Å². The molecule has 0 fully saturated rings. The second-order valence-corrected chi connectivity index (χ2v) is 13.6. The number of amides is 1. The highest BCUT2D eigenvalue weighted by molar-refractivity contribution is 9.10. The number of hydrogen-bond acceptors (Lipinski definition) is 5. The Balaban J connectivity index is 1.61. The summed E-state index contributed by atoms with van der Waals surface area (Å²) in [5.41, 5.74) is 4.51. The Morgan fingerprint density at radius 3 is 2.05 bits per heavy atom. The molecule has 0 aromatic heterocycles. The van der Waals surface area contributed by atoms with E-state index in [1.54, 1.807) is 0 Å². The minimum atomic E-state index is -0.537. The first-order valence-electron chi connectivity index (χ1n) is 14.0. The highest BCUT2D eigenvalue weighted by Gasteiger charge is 2.49. The molecule has 0 spiro atoms. The summed E-state index contributed by atoms with van der Waals surface area (Å²) in [7, 11) is 0. The van der Waals surface area contributed by atoms with Gasteiger partial charge in [0.15, 0.2) is 18.2 Å². The topological polar surface area (TPSA) is 75.7 Å². The SMILES string of the molecule is CCN1C2=C(C(=O)CC(C)(C)C2)C(c2cc(Br)ccc2OCC(=O)Nc2ccccc2)C2=C1CC(C)(C)CC2=O. The third kappa shape index (κ3) is 5.53. The van der Waals surface area contributed by atoms with Gasteiger partial charge in [0, 0.05) is 63.6 Å². The molecule has 3 aliphatic rings. The van der Waals surface area contributed by atoms with Gasteiger partial charge < -0.3 is 15.0 Å². The van der Waals surface area contributed by atoms with Crippen molar-refractivity contribution in [1.82, 2.24) is 4.90 Å². The molecule has 0 unspecified atom stereocenters. The molecule has 0 saturated carbocycles. The van der Waals surface area contributed by atoms with Crippen LogP contribution in [0.5, 0.6) is 5.75 Å². The molecular formula is C33H37BrN2O4. The van der Waals surface area contributed by atoms with Crippen molar-refractivity contribution in [3.63, 3.8) is 0 Å². The number of allylic oxidation sites excluding steroid dienone is 4. The molecule has 2 aromatic carbocycles. The summed E-state index contributed by atoms with van der Waals surface area (Å²) in [6.07, 6.45) is 2.36. The van der Waals surface area contributed by atoms with Gasteiger partial charge in [0.2, 0.25) is 0 Å². The number of nitrogens with zero attached hydrogens (tertiary/aromatic N) is 1. The van der Waals surface area contributed by atoms with Crippen LogP contribution in [-0.4, -0.2) is 35.5 Å². The van der Waals surface area contributed by atoms with Crippen LogP contribution < -0.4 is 10.1 Å². The average Bonchev–Trinajstić information content (AvgIpc) is 2.86. The molecular weight excluding hydrogens is 568 g/mol. The molecule has 0 bridgehead atoms. The Morgan fingerprint density at radius 1 is 0.925 bits per heavy atom. The van der Waals surface area contributed by atoms with E-state index in [2.05, 4.69) is 60.8 Å². The van der Waals surface area contributed by atoms with Gasteiger partial charge in [0.05, 0.1) is 0 Å². The quantitative estimate of drug-likeness (QED) is 0.378. The fourth-order valence-electron chi connectivity index (χ4n) is 6.48. The number of para-hydroxylation sites is 1. The number of ketones is 2. The summed E-state index contributed by atoms with van der Waals surface area (Å²) in [6.45, 7) is 11.1. The second kappa shape index (κ2) is 10.7. The Morgan fingerprint density at radius 2 is 1.50 bits per heavy atom. The fourth-order valence-corrected chi connectivity index (χ4v) is 6.86. The van der Waals surface area contributed by atoms with Crippen molar-refractivity contribution >= 4 is 39.1 Å². The van der Waals surface area contributed by atoms with Gasteiger partial charge in [-0.25, -0.2) is 0 Å². The van der Waals surface area contributed by atoms with Crippen molar-refractivity contribution in [2.75, 3.05) is 18.5 Å². The number of ether oxygens (including phenoxy) is 1. The number of nitrogens with one attached hydrogen (secondary N) is 1. The van der Waals surface area contributed by atoms with Crippen LogP contribution in [0.25, 0.3) is 0 Å². The van der Waals surface area contributed by atoms with Crippen LogP contribution in [0.4, 0.5) is 5.69 Å². The molecule has 0 saturated heterocycles. The lowest BCUT2D eigenvalue weighted by molar-refractivity contribution is -0.120. The van der Waals surface area contributed by atoms with Gasteiger partial charge in [-0.3, -0.25) is 14.4 Å². The molecule has 6 nitrogen and oxygen atoms in total. The molecule has 1 amide bonds. The molecule has 2 aliphatic carbocycles. The van der Waals surface area contributed by atoms with Crippen LogP contribution in [0.1, 0.15) is 71.8 Å². The first-order valence-corrected chi connectivity index (χ1v) is 14.8. The Labute approximate surface area is 245 Å². The summed E-state index contributed by atoms with van der Waals surface area (Å²) in [5, 5.41) is 2.85. The maximum Gasteiger partial charge on any atom is 0.262 e. The van der Waals surface area contributed by atoms with Crippen LogP contribution >= 0.6 is 15.9 Å². The number of carbonyl (C=O) groups is 3. The van der Waals surface area contributed by atoms with Gasteiger partial charge in [0.1, 0.15) is 5.75 Å². The van der Waals surface area contributed by atoms with Crippen LogP contribution in [-0.2, 0) is 14.4 Å². The van der Waals surface area contributed by atoms with E-state index in [0.29, 0.717) is 42.0 Å². The number of benzene rings is 2. The van der Waals surface area contributed by atoms with Gasteiger partial charge in [0.25, 0.3) is 5.91 Å². The molecule has 0 radical (unpaired) electrons. The van der Waals surface area contributed by atoms with Crippen LogP contribution in [0.15, 0.2) is 75.5 Å². The zero-order valence-corrected chi connectivity index (χ0v) is 25.5. The zero-order chi connectivity index (χ0) is 28.8. The molecule has 1 aliphatic heterocycles. The van der Waals surface area contributed by atoms with E-state index in [9.17, 15) is 14.4 Å². The number of anilines is 1. The molecule has 7 heteroatoms. The third-order valence-corrected chi connectivity index (χ3v) is 8.53. The summed E-state index contributed by atoms with van der Waals surface area (Å²) in [4.78, 5) is 42.8. The predicted octanol–water partition coefficient (Wildman–Crippen LogP) is 7.17. The fraction of sp³-hybridized carbons (Fsp3) is 0.424. The van der Waals surface area contributed by atoms with Gasteiger partial charge in [-0.15, -0.1) is 0 Å². The predicted molar refractivity (Wildman–Crippen MR) is 160 cm³/mol. The van der Waals surface area contributed by atoms with Crippen LogP contribution in [0.2, 0.25) is 0 Å². The summed E-state index contributed by atoms with van der Waals surface area (Å²) >= 11 is 3.61. The van der Waals surface area contributed by atoms with Crippen molar-refractivity contribution in [3.8, 4) is 5.75 Å². The third-order valence-electron chi connectivity index (χ3n) is 8.04. The zero-order valence-electron chi connectivity index (χ0n) is 23.9. The van der Waals surface area contributed by atoms with Crippen molar-refractivity contribution in [1.29, 1.82) is 0 Å². The van der Waals surface area contributed by atoms with Crippen molar-refractivity contribution in [2.45, 2.75) is 66.2 Å². The lowest BCUT2D eigenvalue weighted by Crippen LogP contribution is -2.44. The summed E-state index contributed by atoms with van der Waals surface area (Å²) in [6, 6.07) is 14.8. The average molecular weight is 606 g/mol. The Kier molecular flexibility index (Phi) is 7.55. The van der Waals surface area contributed by atoms with E-state index in [1.807, 2.05) is 48.5 Å². The maximum atomic E-state index is 13.9. The van der Waals surface area contributed by atoms with Crippen LogP contribution in [0, 0.1) is 10.8 Å². The Hall–Kier alpha value is -3.19. The molecule has 1 N–H and O–H groups in total. The normalized spacial score (nSPS) is 20.3.